The maximum Gasteiger partial charge on any atom is 0.160 e. The molecule has 1 heterocycles. The molecule has 0 radical (unpaired) electrons. The first-order valence-electron chi connectivity index (χ1n) is 5.26. The number of rotatable bonds is 3. The van der Waals surface area contributed by atoms with Gasteiger partial charge < -0.3 is 0 Å². The minimum absolute atomic E-state index is 0.719. The van der Waals surface area contributed by atoms with Crippen LogP contribution in [0.4, 0.5) is 0 Å². The van der Waals surface area contributed by atoms with Crippen molar-refractivity contribution in [2.75, 3.05) is 0 Å². The second kappa shape index (κ2) is 4.63. The molecule has 0 aliphatic heterocycles. The van der Waals surface area contributed by atoms with Crippen LogP contribution in [0.25, 0.3) is 11.1 Å². The van der Waals surface area contributed by atoms with Crippen LogP contribution >= 0.6 is 11.3 Å². The largest absolute Gasteiger partial charge is 0.298 e. The van der Waals surface area contributed by atoms with E-state index in [0.717, 1.165) is 45.3 Å². The third kappa shape index (κ3) is 2.19. The maximum atomic E-state index is 10.8. The smallest absolute Gasteiger partial charge is 0.160 e. The van der Waals surface area contributed by atoms with Crippen molar-refractivity contribution < 1.29 is 9.59 Å². The summed E-state index contributed by atoms with van der Waals surface area (Å²) in [5.41, 5.74) is 4.84. The molecule has 86 valence electrons. The normalized spacial score (nSPS) is 10.2. The third-order valence-corrected chi connectivity index (χ3v) is 3.64. The molecule has 1 aromatic heterocycles. The molecule has 0 saturated carbocycles. The van der Waals surface area contributed by atoms with Gasteiger partial charge in [-0.25, -0.2) is 0 Å². The highest BCUT2D eigenvalue weighted by atomic mass is 32.1. The van der Waals surface area contributed by atoms with Gasteiger partial charge in [0, 0.05) is 5.56 Å². The van der Waals surface area contributed by atoms with Crippen molar-refractivity contribution in [2.24, 2.45) is 0 Å². The van der Waals surface area contributed by atoms with E-state index >= 15 is 0 Å². The highest BCUT2D eigenvalue weighted by Crippen LogP contribution is 2.29. The molecular formula is C14H12O2S. The first kappa shape index (κ1) is 11.7. The van der Waals surface area contributed by atoms with E-state index in [1.54, 1.807) is 0 Å². The van der Waals surface area contributed by atoms with Gasteiger partial charge in [0.1, 0.15) is 6.29 Å². The molecule has 2 nitrogen and oxygen atoms in total. The minimum Gasteiger partial charge on any atom is -0.298 e. The van der Waals surface area contributed by atoms with Crippen molar-refractivity contribution in [2.45, 2.75) is 13.8 Å². The highest BCUT2D eigenvalue weighted by Gasteiger charge is 2.08. The molecule has 0 fully saturated rings. The number of hydrogen-bond acceptors (Lipinski definition) is 3. The Morgan fingerprint density at radius 1 is 1.00 bits per heavy atom. The lowest BCUT2D eigenvalue weighted by Gasteiger charge is -2.07. The van der Waals surface area contributed by atoms with Gasteiger partial charge in [-0.2, -0.15) is 0 Å². The molecule has 1 aromatic carbocycles. The molecule has 0 saturated heterocycles. The SMILES string of the molecule is Cc1cc(-c2csc(C=O)c2)c(C)cc1C=O. The number of hydrogen-bond donors (Lipinski definition) is 0. The molecule has 0 N–H and O–H groups in total. The van der Waals surface area contributed by atoms with Crippen LogP contribution in [-0.4, -0.2) is 12.6 Å². The van der Waals surface area contributed by atoms with E-state index in [1.807, 2.05) is 37.4 Å². The van der Waals surface area contributed by atoms with E-state index in [4.69, 9.17) is 0 Å². The fourth-order valence-corrected chi connectivity index (χ4v) is 2.54. The van der Waals surface area contributed by atoms with Gasteiger partial charge in [-0.05, 0) is 53.6 Å². The van der Waals surface area contributed by atoms with Crippen molar-refractivity contribution in [3.05, 3.63) is 45.1 Å². The molecule has 0 bridgehead atoms. The van der Waals surface area contributed by atoms with Gasteiger partial charge in [0.25, 0.3) is 0 Å². The summed E-state index contributed by atoms with van der Waals surface area (Å²) < 4.78 is 0. The predicted octanol–water partition coefficient (Wildman–Crippen LogP) is 3.66. The second-order valence-corrected chi connectivity index (χ2v) is 4.94. The van der Waals surface area contributed by atoms with E-state index in [9.17, 15) is 9.59 Å². The number of aryl methyl sites for hydroxylation is 2. The van der Waals surface area contributed by atoms with Crippen molar-refractivity contribution in [1.82, 2.24) is 0 Å². The fraction of sp³-hybridized carbons (Fsp3) is 0.143. The first-order chi connectivity index (χ1) is 8.15. The Kier molecular flexibility index (Phi) is 3.20. The van der Waals surface area contributed by atoms with Crippen LogP contribution in [0.5, 0.6) is 0 Å². The van der Waals surface area contributed by atoms with Crippen LogP contribution in [0.2, 0.25) is 0 Å². The molecule has 2 aromatic rings. The quantitative estimate of drug-likeness (QED) is 0.772. The molecule has 0 atom stereocenters. The summed E-state index contributed by atoms with van der Waals surface area (Å²) in [5.74, 6) is 0. The third-order valence-electron chi connectivity index (χ3n) is 2.79. The van der Waals surface area contributed by atoms with Crippen molar-refractivity contribution in [1.29, 1.82) is 0 Å². The fourth-order valence-electron chi connectivity index (χ4n) is 1.83. The molecule has 3 heteroatoms. The summed E-state index contributed by atoms with van der Waals surface area (Å²) in [6.07, 6.45) is 1.73. The Labute approximate surface area is 104 Å². The predicted molar refractivity (Wildman–Crippen MR) is 70.0 cm³/mol. The van der Waals surface area contributed by atoms with Crippen LogP contribution in [0, 0.1) is 13.8 Å². The second-order valence-electron chi connectivity index (χ2n) is 4.00. The number of carbonyl (C=O) groups excluding carboxylic acids is 2. The van der Waals surface area contributed by atoms with Crippen LogP contribution in [0.1, 0.15) is 31.2 Å². The molecule has 2 rings (SSSR count). The van der Waals surface area contributed by atoms with E-state index < -0.39 is 0 Å². The Hall–Kier alpha value is -1.74. The van der Waals surface area contributed by atoms with E-state index in [-0.39, 0.29) is 0 Å². The van der Waals surface area contributed by atoms with Crippen molar-refractivity contribution >= 4 is 23.9 Å². The first-order valence-corrected chi connectivity index (χ1v) is 6.14. The Morgan fingerprint density at radius 3 is 2.35 bits per heavy atom. The van der Waals surface area contributed by atoms with Gasteiger partial charge in [-0.15, -0.1) is 11.3 Å². The number of thiophene rings is 1. The molecule has 0 spiro atoms. The van der Waals surface area contributed by atoms with Gasteiger partial charge in [-0.3, -0.25) is 9.59 Å². The summed E-state index contributed by atoms with van der Waals surface area (Å²) in [5, 5.41) is 1.96. The average Bonchev–Trinajstić information content (AvgIpc) is 2.80. The lowest BCUT2D eigenvalue weighted by molar-refractivity contribution is 0.111. The van der Waals surface area contributed by atoms with Crippen molar-refractivity contribution in [3.8, 4) is 11.1 Å². The van der Waals surface area contributed by atoms with Crippen LogP contribution in [0.3, 0.4) is 0 Å². The van der Waals surface area contributed by atoms with Gasteiger partial charge in [0.05, 0.1) is 4.88 Å². The highest BCUT2D eigenvalue weighted by molar-refractivity contribution is 7.12. The molecule has 0 aliphatic carbocycles. The molecule has 0 unspecified atom stereocenters. The van der Waals surface area contributed by atoms with E-state index in [0.29, 0.717) is 0 Å². The number of benzene rings is 1. The lowest BCUT2D eigenvalue weighted by atomic mass is 9.97. The van der Waals surface area contributed by atoms with Crippen molar-refractivity contribution in [3.63, 3.8) is 0 Å². The topological polar surface area (TPSA) is 34.1 Å². The van der Waals surface area contributed by atoms with Crippen LogP contribution < -0.4 is 0 Å². The molecule has 17 heavy (non-hydrogen) atoms. The van der Waals surface area contributed by atoms with E-state index in [1.165, 1.54) is 11.3 Å². The van der Waals surface area contributed by atoms with Gasteiger partial charge in [0.2, 0.25) is 0 Å². The van der Waals surface area contributed by atoms with E-state index in [2.05, 4.69) is 0 Å². The molecule has 0 aliphatic rings. The minimum atomic E-state index is 0.719. The summed E-state index contributed by atoms with van der Waals surface area (Å²) in [6.45, 7) is 3.89. The molecular weight excluding hydrogens is 232 g/mol. The zero-order valence-corrected chi connectivity index (χ0v) is 10.5. The summed E-state index contributed by atoms with van der Waals surface area (Å²) in [4.78, 5) is 22.2. The molecule has 0 amide bonds. The Morgan fingerprint density at radius 2 is 1.76 bits per heavy atom. The van der Waals surface area contributed by atoms with Crippen LogP contribution in [-0.2, 0) is 0 Å². The Balaban J connectivity index is 2.55. The van der Waals surface area contributed by atoms with Gasteiger partial charge >= 0.3 is 0 Å². The lowest BCUT2D eigenvalue weighted by Crippen LogP contribution is -1.90. The average molecular weight is 244 g/mol. The van der Waals surface area contributed by atoms with Gasteiger partial charge in [-0.1, -0.05) is 6.07 Å². The van der Waals surface area contributed by atoms with Gasteiger partial charge in [0.15, 0.2) is 6.29 Å². The number of carbonyl (C=O) groups is 2. The summed E-state index contributed by atoms with van der Waals surface area (Å²) >= 11 is 1.43. The monoisotopic (exact) mass is 244 g/mol. The Bertz CT molecular complexity index is 582. The zero-order chi connectivity index (χ0) is 12.4. The standard InChI is InChI=1S/C14H12O2S/c1-9-4-14(10(2)3-11(9)6-15)12-5-13(7-16)17-8-12/h3-8H,1-2H3. The summed E-state index contributed by atoms with van der Waals surface area (Å²) in [7, 11) is 0. The zero-order valence-electron chi connectivity index (χ0n) is 9.69. The number of aldehydes is 2. The van der Waals surface area contributed by atoms with Crippen LogP contribution in [0.15, 0.2) is 23.6 Å². The summed E-state index contributed by atoms with van der Waals surface area (Å²) in [6, 6.07) is 5.76. The maximum absolute atomic E-state index is 10.8.